The SMILES string of the molecule is Cc1nn(C(C)(C)C)c2c1C(c1ccc(N3CCNS3(=O)=O)cc1)C(C#N)=C(N)O2. The van der Waals surface area contributed by atoms with Gasteiger partial charge in [0.1, 0.15) is 11.6 Å². The van der Waals surface area contributed by atoms with E-state index in [4.69, 9.17) is 10.5 Å². The summed E-state index contributed by atoms with van der Waals surface area (Å²) in [6, 6.07) is 9.30. The number of ether oxygens (including phenoxy) is 1. The van der Waals surface area contributed by atoms with Crippen molar-refractivity contribution in [2.45, 2.75) is 39.2 Å². The highest BCUT2D eigenvalue weighted by molar-refractivity contribution is 7.91. The van der Waals surface area contributed by atoms with Gasteiger partial charge in [-0.05, 0) is 45.4 Å². The topological polar surface area (TPSA) is 126 Å². The fourth-order valence-corrected chi connectivity index (χ4v) is 5.11. The van der Waals surface area contributed by atoms with Crippen molar-refractivity contribution in [3.05, 3.63) is 52.5 Å². The third-order valence-electron chi connectivity index (χ3n) is 5.27. The molecule has 1 fully saturated rings. The Balaban J connectivity index is 1.83. The largest absolute Gasteiger partial charge is 0.422 e. The van der Waals surface area contributed by atoms with Gasteiger partial charge in [0.15, 0.2) is 0 Å². The standard InChI is InChI=1S/C20H24N6O3S/c1-12-16-17(13-5-7-14(8-6-13)25-10-9-23-30(25,27)28)15(11-21)18(22)29-19(16)26(24-12)20(2,3)4/h5-8,17,23H,9-10,22H2,1-4H3. The maximum atomic E-state index is 12.1. The van der Waals surface area contributed by atoms with Crippen LogP contribution in [0.1, 0.15) is 43.5 Å². The molecule has 1 unspecified atom stereocenters. The molecule has 2 aromatic rings. The summed E-state index contributed by atoms with van der Waals surface area (Å²) in [4.78, 5) is 0. The lowest BCUT2D eigenvalue weighted by molar-refractivity contribution is 0.277. The number of nitrogens with two attached hydrogens (primary N) is 1. The molecule has 3 N–H and O–H groups in total. The van der Waals surface area contributed by atoms with Gasteiger partial charge in [-0.3, -0.25) is 4.31 Å². The van der Waals surface area contributed by atoms with E-state index in [1.165, 1.54) is 4.31 Å². The molecule has 0 spiro atoms. The molecule has 3 heterocycles. The first kappa shape index (κ1) is 20.3. The molecule has 4 rings (SSSR count). The van der Waals surface area contributed by atoms with E-state index in [-0.39, 0.29) is 11.4 Å². The Labute approximate surface area is 175 Å². The molecule has 1 atom stereocenters. The molecule has 1 aromatic heterocycles. The number of nitrogens with zero attached hydrogens (tertiary/aromatic N) is 4. The normalized spacial score (nSPS) is 20.6. The van der Waals surface area contributed by atoms with Gasteiger partial charge in [-0.15, -0.1) is 0 Å². The van der Waals surface area contributed by atoms with Crippen LogP contribution >= 0.6 is 0 Å². The van der Waals surface area contributed by atoms with E-state index in [1.54, 1.807) is 16.8 Å². The molecule has 2 aliphatic rings. The third-order valence-corrected chi connectivity index (χ3v) is 6.81. The van der Waals surface area contributed by atoms with E-state index in [0.717, 1.165) is 16.8 Å². The molecule has 0 saturated carbocycles. The average molecular weight is 429 g/mol. The predicted molar refractivity (Wildman–Crippen MR) is 112 cm³/mol. The Hall–Kier alpha value is -3.03. The minimum atomic E-state index is -3.50. The Morgan fingerprint density at radius 1 is 1.30 bits per heavy atom. The van der Waals surface area contributed by atoms with Crippen LogP contribution in [0, 0.1) is 18.3 Å². The summed E-state index contributed by atoms with van der Waals surface area (Å²) in [7, 11) is -3.50. The summed E-state index contributed by atoms with van der Waals surface area (Å²) in [5, 5.41) is 14.4. The van der Waals surface area contributed by atoms with E-state index in [2.05, 4.69) is 15.9 Å². The summed E-state index contributed by atoms with van der Waals surface area (Å²) in [6.07, 6.45) is 0. The monoisotopic (exact) mass is 428 g/mol. The van der Waals surface area contributed by atoms with Crippen molar-refractivity contribution in [3.8, 4) is 11.9 Å². The molecule has 158 valence electrons. The lowest BCUT2D eigenvalue weighted by Gasteiger charge is -2.28. The molecular formula is C20H24N6O3S. The van der Waals surface area contributed by atoms with Crippen LogP contribution in [0.3, 0.4) is 0 Å². The fourth-order valence-electron chi connectivity index (χ4n) is 3.88. The molecule has 0 bridgehead atoms. The zero-order valence-corrected chi connectivity index (χ0v) is 18.1. The van der Waals surface area contributed by atoms with Gasteiger partial charge < -0.3 is 10.5 Å². The zero-order valence-electron chi connectivity index (χ0n) is 17.3. The van der Waals surface area contributed by atoms with Gasteiger partial charge in [0.05, 0.1) is 28.4 Å². The van der Waals surface area contributed by atoms with Gasteiger partial charge in [0.2, 0.25) is 11.8 Å². The second-order valence-corrected chi connectivity index (χ2v) is 10.1. The molecule has 9 nitrogen and oxygen atoms in total. The summed E-state index contributed by atoms with van der Waals surface area (Å²) < 4.78 is 35.7. The quantitative estimate of drug-likeness (QED) is 0.751. The maximum Gasteiger partial charge on any atom is 0.301 e. The first-order valence-electron chi connectivity index (χ1n) is 9.59. The third kappa shape index (κ3) is 3.11. The van der Waals surface area contributed by atoms with Crippen molar-refractivity contribution >= 4 is 15.9 Å². The lowest BCUT2D eigenvalue weighted by atomic mass is 9.84. The van der Waals surface area contributed by atoms with Gasteiger partial charge in [-0.25, -0.2) is 4.68 Å². The van der Waals surface area contributed by atoms with Crippen molar-refractivity contribution in [2.75, 3.05) is 17.4 Å². The van der Waals surface area contributed by atoms with Crippen molar-refractivity contribution < 1.29 is 13.2 Å². The second kappa shape index (κ2) is 6.75. The highest BCUT2D eigenvalue weighted by Gasteiger charge is 2.38. The highest BCUT2D eigenvalue weighted by Crippen LogP contribution is 2.45. The van der Waals surface area contributed by atoms with Gasteiger partial charge >= 0.3 is 10.2 Å². The minimum absolute atomic E-state index is 0.0517. The molecule has 10 heteroatoms. The number of aryl methyl sites for hydroxylation is 1. The number of nitrogens with one attached hydrogen (secondary N) is 1. The fraction of sp³-hybridized carbons (Fsp3) is 0.400. The molecule has 30 heavy (non-hydrogen) atoms. The first-order valence-corrected chi connectivity index (χ1v) is 11.0. The van der Waals surface area contributed by atoms with Gasteiger partial charge in [-0.1, -0.05) is 12.1 Å². The maximum absolute atomic E-state index is 12.1. The summed E-state index contributed by atoms with van der Waals surface area (Å²) in [6.45, 7) is 8.66. The van der Waals surface area contributed by atoms with E-state index in [1.807, 2.05) is 39.8 Å². The molecule has 1 aromatic carbocycles. The number of allylic oxidation sites excluding steroid dienone is 1. The van der Waals surface area contributed by atoms with Gasteiger partial charge in [0, 0.05) is 13.1 Å². The first-order chi connectivity index (χ1) is 14.0. The molecular weight excluding hydrogens is 404 g/mol. The summed E-state index contributed by atoms with van der Waals surface area (Å²) in [5.41, 5.74) is 9.00. The Morgan fingerprint density at radius 3 is 2.50 bits per heavy atom. The summed E-state index contributed by atoms with van der Waals surface area (Å²) in [5.74, 6) is 0.130. The number of anilines is 1. The lowest BCUT2D eigenvalue weighted by Crippen LogP contribution is -2.29. The van der Waals surface area contributed by atoms with Crippen LogP contribution in [-0.4, -0.2) is 31.3 Å². The van der Waals surface area contributed by atoms with Crippen LogP contribution in [0.2, 0.25) is 0 Å². The van der Waals surface area contributed by atoms with Crippen LogP contribution in [0.4, 0.5) is 5.69 Å². The smallest absolute Gasteiger partial charge is 0.301 e. The molecule has 0 radical (unpaired) electrons. The van der Waals surface area contributed by atoms with Crippen LogP contribution in [0.5, 0.6) is 5.88 Å². The Bertz CT molecular complexity index is 1180. The minimum Gasteiger partial charge on any atom is -0.422 e. The number of fused-ring (bicyclic) bond motifs is 1. The Kier molecular flexibility index (Phi) is 4.56. The van der Waals surface area contributed by atoms with Crippen molar-refractivity contribution in [3.63, 3.8) is 0 Å². The van der Waals surface area contributed by atoms with Crippen molar-refractivity contribution in [1.29, 1.82) is 5.26 Å². The highest BCUT2D eigenvalue weighted by atomic mass is 32.2. The number of rotatable bonds is 2. The summed E-state index contributed by atoms with van der Waals surface area (Å²) >= 11 is 0. The predicted octanol–water partition coefficient (Wildman–Crippen LogP) is 1.82. The number of aromatic nitrogens is 2. The van der Waals surface area contributed by atoms with E-state index < -0.39 is 16.1 Å². The van der Waals surface area contributed by atoms with Crippen molar-refractivity contribution in [1.82, 2.24) is 14.5 Å². The van der Waals surface area contributed by atoms with Crippen molar-refractivity contribution in [2.24, 2.45) is 5.73 Å². The van der Waals surface area contributed by atoms with E-state index >= 15 is 0 Å². The molecule has 0 aliphatic carbocycles. The second-order valence-electron chi connectivity index (χ2n) is 8.37. The van der Waals surface area contributed by atoms with Crippen LogP contribution in [0.25, 0.3) is 0 Å². The number of hydrogen-bond donors (Lipinski definition) is 2. The van der Waals surface area contributed by atoms with Crippen LogP contribution in [0.15, 0.2) is 35.7 Å². The molecule has 1 saturated heterocycles. The molecule has 0 amide bonds. The van der Waals surface area contributed by atoms with Gasteiger partial charge in [0.25, 0.3) is 0 Å². The van der Waals surface area contributed by atoms with Gasteiger partial charge in [-0.2, -0.15) is 23.5 Å². The van der Waals surface area contributed by atoms with E-state index in [0.29, 0.717) is 30.2 Å². The average Bonchev–Trinajstić information content (AvgIpc) is 3.19. The number of benzene rings is 1. The Morgan fingerprint density at radius 2 is 1.97 bits per heavy atom. The zero-order chi connectivity index (χ0) is 21.8. The van der Waals surface area contributed by atoms with E-state index in [9.17, 15) is 13.7 Å². The number of nitriles is 1. The molecule has 2 aliphatic heterocycles. The van der Waals surface area contributed by atoms with Crippen LogP contribution < -0.4 is 19.5 Å². The number of hydrogen-bond acceptors (Lipinski definition) is 6. The van der Waals surface area contributed by atoms with Crippen LogP contribution in [-0.2, 0) is 15.7 Å².